The van der Waals surface area contributed by atoms with Gasteiger partial charge in [-0.2, -0.15) is 4.37 Å². The molecule has 0 aromatic carbocycles. The van der Waals surface area contributed by atoms with Crippen LogP contribution in [0.4, 0.5) is 10.8 Å². The molecule has 5 nitrogen and oxygen atoms in total. The van der Waals surface area contributed by atoms with Crippen LogP contribution in [0.1, 0.15) is 19.8 Å². The van der Waals surface area contributed by atoms with Crippen molar-refractivity contribution in [2.24, 2.45) is 0 Å². The number of ether oxygens (including phenoxy) is 2. The molecule has 0 atom stereocenters. The second-order valence-electron chi connectivity index (χ2n) is 3.83. The highest BCUT2D eigenvalue weighted by Crippen LogP contribution is 2.38. The molecule has 90 valence electrons. The lowest BCUT2D eigenvalue weighted by Crippen LogP contribution is -2.40. The average Bonchev–Trinajstić information content (AvgIpc) is 2.55. The average molecular weight is 243 g/mol. The number of nitrogens with two attached hydrogens (primary N) is 1. The third-order valence-electron chi connectivity index (χ3n) is 2.73. The van der Waals surface area contributed by atoms with E-state index in [0.717, 1.165) is 17.8 Å². The van der Waals surface area contributed by atoms with Crippen LogP contribution in [-0.4, -0.2) is 30.2 Å². The minimum absolute atomic E-state index is 0.387. The highest BCUT2D eigenvalue weighted by atomic mass is 32.1. The van der Waals surface area contributed by atoms with Gasteiger partial charge in [0.1, 0.15) is 0 Å². The molecule has 0 unspecified atom stereocenters. The zero-order chi connectivity index (χ0) is 11.5. The number of hydrogen-bond acceptors (Lipinski definition) is 6. The summed E-state index contributed by atoms with van der Waals surface area (Å²) >= 11 is 1.35. The molecule has 1 aliphatic carbocycles. The number of methoxy groups -OCH3 is 1. The Balaban J connectivity index is 1.94. The van der Waals surface area contributed by atoms with Crippen molar-refractivity contribution in [1.82, 2.24) is 4.37 Å². The normalized spacial score (nSPS) is 23.9. The first-order chi connectivity index (χ1) is 7.74. The fourth-order valence-corrected chi connectivity index (χ4v) is 2.47. The Morgan fingerprint density at radius 1 is 1.56 bits per heavy atom. The monoisotopic (exact) mass is 243 g/mol. The van der Waals surface area contributed by atoms with E-state index >= 15 is 0 Å². The smallest absolute Gasteiger partial charge is 0.197 e. The van der Waals surface area contributed by atoms with Crippen molar-refractivity contribution in [3.63, 3.8) is 0 Å². The number of nitrogen functional groups attached to an aromatic ring is 1. The highest BCUT2D eigenvalue weighted by Gasteiger charge is 2.30. The molecule has 0 amide bonds. The van der Waals surface area contributed by atoms with Crippen molar-refractivity contribution in [3.05, 3.63) is 0 Å². The minimum Gasteiger partial charge on any atom is -0.487 e. The van der Waals surface area contributed by atoms with E-state index in [4.69, 9.17) is 15.2 Å². The summed E-state index contributed by atoms with van der Waals surface area (Å²) in [5.41, 5.74) is 5.73. The largest absolute Gasteiger partial charge is 0.487 e. The van der Waals surface area contributed by atoms with Crippen LogP contribution in [0.2, 0.25) is 0 Å². The van der Waals surface area contributed by atoms with E-state index in [0.29, 0.717) is 30.3 Å². The first-order valence-electron chi connectivity index (χ1n) is 5.41. The van der Waals surface area contributed by atoms with Crippen molar-refractivity contribution in [3.8, 4) is 5.75 Å². The van der Waals surface area contributed by atoms with E-state index < -0.39 is 0 Å². The fraction of sp³-hybridized carbons (Fsp3) is 0.700. The van der Waals surface area contributed by atoms with Crippen LogP contribution in [0.25, 0.3) is 0 Å². The summed E-state index contributed by atoms with van der Waals surface area (Å²) in [5.74, 6) is 1.16. The van der Waals surface area contributed by atoms with Gasteiger partial charge in [-0.3, -0.25) is 0 Å². The molecule has 6 heteroatoms. The zero-order valence-electron chi connectivity index (χ0n) is 9.53. The lowest BCUT2D eigenvalue weighted by molar-refractivity contribution is 0.0329. The van der Waals surface area contributed by atoms with Crippen molar-refractivity contribution in [2.45, 2.75) is 31.9 Å². The number of hydrogen-bond donors (Lipinski definition) is 2. The van der Waals surface area contributed by atoms with E-state index in [1.807, 2.05) is 6.92 Å². The van der Waals surface area contributed by atoms with Gasteiger partial charge in [-0.05, 0) is 31.3 Å². The molecule has 3 N–H and O–H groups in total. The van der Waals surface area contributed by atoms with Gasteiger partial charge >= 0.3 is 0 Å². The van der Waals surface area contributed by atoms with Gasteiger partial charge in [0.05, 0.1) is 12.7 Å². The van der Waals surface area contributed by atoms with Gasteiger partial charge in [-0.1, -0.05) is 0 Å². The molecule has 1 aliphatic rings. The Hall–Kier alpha value is -1.01. The van der Waals surface area contributed by atoms with Gasteiger partial charge in [0.25, 0.3) is 0 Å². The first-order valence-corrected chi connectivity index (χ1v) is 6.19. The van der Waals surface area contributed by atoms with E-state index in [1.165, 1.54) is 11.5 Å². The maximum absolute atomic E-state index is 5.73. The Kier molecular flexibility index (Phi) is 3.50. The molecule has 1 fully saturated rings. The maximum atomic E-state index is 5.73. The topological polar surface area (TPSA) is 69.4 Å². The molecule has 1 aromatic rings. The summed E-state index contributed by atoms with van der Waals surface area (Å²) in [5, 5.41) is 4.32. The summed E-state index contributed by atoms with van der Waals surface area (Å²) in [4.78, 5) is 0. The summed E-state index contributed by atoms with van der Waals surface area (Å²) in [7, 11) is 1.75. The van der Waals surface area contributed by atoms with Gasteiger partial charge in [0.15, 0.2) is 16.6 Å². The number of aromatic nitrogens is 1. The highest BCUT2D eigenvalue weighted by molar-refractivity contribution is 7.11. The molecular formula is C10H17N3O2S. The Labute approximate surface area is 99.1 Å². The van der Waals surface area contributed by atoms with Gasteiger partial charge in [-0.15, -0.1) is 0 Å². The molecule has 0 radical (unpaired) electrons. The summed E-state index contributed by atoms with van der Waals surface area (Å²) < 4.78 is 14.8. The van der Waals surface area contributed by atoms with E-state index in [9.17, 15) is 0 Å². The van der Waals surface area contributed by atoms with E-state index in [1.54, 1.807) is 7.11 Å². The van der Waals surface area contributed by atoms with Crippen LogP contribution in [0.15, 0.2) is 0 Å². The van der Waals surface area contributed by atoms with Crippen LogP contribution < -0.4 is 15.8 Å². The quantitative estimate of drug-likeness (QED) is 0.824. The van der Waals surface area contributed by atoms with Gasteiger partial charge in [0, 0.05) is 13.2 Å². The third kappa shape index (κ3) is 2.22. The van der Waals surface area contributed by atoms with Crippen molar-refractivity contribution in [1.29, 1.82) is 0 Å². The Bertz CT molecular complexity index is 350. The summed E-state index contributed by atoms with van der Waals surface area (Å²) in [6.45, 7) is 2.54. The number of anilines is 2. The predicted molar refractivity (Wildman–Crippen MR) is 65.1 cm³/mol. The maximum Gasteiger partial charge on any atom is 0.197 e. The standard InChI is InChI=1S/C10H17N3O2S/c1-3-15-8-9(11)13-16-10(8)12-6-4-7(5-6)14-2/h6-7,12H,3-5H2,1-2H3,(H2,11,13). The van der Waals surface area contributed by atoms with Crippen LogP contribution in [-0.2, 0) is 4.74 Å². The second kappa shape index (κ2) is 4.88. The van der Waals surface area contributed by atoms with Crippen LogP contribution in [0, 0.1) is 0 Å². The molecule has 1 aromatic heterocycles. The molecule has 0 spiro atoms. The molecule has 0 saturated heterocycles. The van der Waals surface area contributed by atoms with Gasteiger partial charge in [0.2, 0.25) is 0 Å². The number of nitrogens with zero attached hydrogens (tertiary/aromatic N) is 1. The SMILES string of the molecule is CCOc1c(N)nsc1NC1CC(OC)C1. The molecular weight excluding hydrogens is 226 g/mol. The molecule has 16 heavy (non-hydrogen) atoms. The van der Waals surface area contributed by atoms with Crippen molar-refractivity contribution < 1.29 is 9.47 Å². The Morgan fingerprint density at radius 3 is 2.94 bits per heavy atom. The van der Waals surface area contributed by atoms with Crippen molar-refractivity contribution >= 4 is 22.4 Å². The van der Waals surface area contributed by atoms with Gasteiger partial charge < -0.3 is 20.5 Å². The Morgan fingerprint density at radius 2 is 2.31 bits per heavy atom. The number of rotatable bonds is 5. The lowest BCUT2D eigenvalue weighted by atomic mass is 9.89. The fourth-order valence-electron chi connectivity index (χ4n) is 1.73. The van der Waals surface area contributed by atoms with Crippen molar-refractivity contribution in [2.75, 3.05) is 24.8 Å². The minimum atomic E-state index is 0.387. The molecule has 0 aliphatic heterocycles. The molecule has 1 saturated carbocycles. The summed E-state index contributed by atoms with van der Waals surface area (Å²) in [6, 6.07) is 0.448. The lowest BCUT2D eigenvalue weighted by Gasteiger charge is -2.34. The van der Waals surface area contributed by atoms with E-state index in [2.05, 4.69) is 9.69 Å². The van der Waals surface area contributed by atoms with Crippen LogP contribution in [0.3, 0.4) is 0 Å². The van der Waals surface area contributed by atoms with Gasteiger partial charge in [-0.25, -0.2) is 0 Å². The van der Waals surface area contributed by atoms with Crippen LogP contribution in [0.5, 0.6) is 5.75 Å². The van der Waals surface area contributed by atoms with E-state index in [-0.39, 0.29) is 0 Å². The third-order valence-corrected chi connectivity index (χ3v) is 3.50. The number of nitrogens with one attached hydrogen (secondary N) is 1. The molecule has 0 bridgehead atoms. The zero-order valence-corrected chi connectivity index (χ0v) is 10.3. The predicted octanol–water partition coefficient (Wildman–Crippen LogP) is 1.71. The molecule has 1 heterocycles. The van der Waals surface area contributed by atoms with Crippen LogP contribution >= 0.6 is 11.5 Å². The first kappa shape index (κ1) is 11.5. The molecule has 2 rings (SSSR count). The second-order valence-corrected chi connectivity index (χ2v) is 4.60. The summed E-state index contributed by atoms with van der Waals surface area (Å²) in [6.07, 6.45) is 2.44.